The molecule has 0 bridgehead atoms. The van der Waals surface area contributed by atoms with E-state index in [2.05, 4.69) is 137 Å². The largest absolute Gasteiger partial charge is 4.00 e. The molecule has 0 fully saturated rings. The van der Waals surface area contributed by atoms with E-state index in [1.54, 1.807) is 0 Å². The average Bonchev–Trinajstić information content (AvgIpc) is 3.56. The molecule has 0 N–H and O–H groups in total. The fraction of sp³-hybridized carbons (Fsp3) is 0.179. The minimum atomic E-state index is -0.0207. The van der Waals surface area contributed by atoms with Gasteiger partial charge in [-0.25, -0.2) is 0 Å². The number of aryl methyl sites for hydroxylation is 2. The van der Waals surface area contributed by atoms with Crippen molar-refractivity contribution in [3.05, 3.63) is 146 Å². The van der Waals surface area contributed by atoms with Crippen LogP contribution >= 0.6 is 0 Å². The molecule has 0 unspecified atom stereocenters. The average molecular weight is 687 g/mol. The molecule has 0 nitrogen and oxygen atoms in total. The molecule has 0 aliphatic heterocycles. The van der Waals surface area contributed by atoms with E-state index in [4.69, 9.17) is 0 Å². The van der Waals surface area contributed by atoms with Gasteiger partial charge in [-0.3, -0.25) is 0 Å². The number of hydrogen-bond acceptors (Lipinski definition) is 0. The van der Waals surface area contributed by atoms with Gasteiger partial charge in [-0.15, -0.1) is 69.1 Å². The van der Waals surface area contributed by atoms with Gasteiger partial charge in [0.25, 0.3) is 0 Å². The van der Waals surface area contributed by atoms with E-state index in [-0.39, 0.29) is 46.1 Å². The van der Waals surface area contributed by atoms with E-state index in [9.17, 15) is 0 Å². The summed E-state index contributed by atoms with van der Waals surface area (Å²) in [5.74, 6) is 0. The van der Waals surface area contributed by atoms with Crippen LogP contribution in [0.2, 0.25) is 0 Å². The first-order chi connectivity index (χ1) is 18.0. The summed E-state index contributed by atoms with van der Waals surface area (Å²) in [5, 5.41) is 5.36. The monoisotopic (exact) mass is 688 g/mol. The van der Waals surface area contributed by atoms with Gasteiger partial charge in [-0.2, -0.15) is 12.1 Å². The Labute approximate surface area is 260 Å². The molecular formula is C39H40Hf. The van der Waals surface area contributed by atoms with E-state index in [0.29, 0.717) is 0 Å². The molecular weight excluding hydrogens is 647 g/mol. The third-order valence-electron chi connectivity index (χ3n) is 8.54. The van der Waals surface area contributed by atoms with Crippen molar-refractivity contribution in [2.24, 2.45) is 0 Å². The summed E-state index contributed by atoms with van der Waals surface area (Å²) >= 11 is 0. The second-order valence-corrected chi connectivity index (χ2v) is 10.6. The maximum absolute atomic E-state index is 2.47. The second-order valence-electron chi connectivity index (χ2n) is 10.6. The zero-order valence-electron chi connectivity index (χ0n) is 24.8. The molecule has 0 spiro atoms. The maximum atomic E-state index is 2.47. The van der Waals surface area contributed by atoms with Crippen LogP contribution in [0.25, 0.3) is 43.8 Å². The van der Waals surface area contributed by atoms with E-state index in [1.807, 2.05) is 0 Å². The van der Waals surface area contributed by atoms with Gasteiger partial charge in [0.05, 0.1) is 0 Å². The summed E-state index contributed by atoms with van der Waals surface area (Å²) in [6.45, 7) is 8.99. The third-order valence-corrected chi connectivity index (χ3v) is 8.54. The zero-order chi connectivity index (χ0) is 25.6. The smallest absolute Gasteiger partial charge is 0.358 e. The van der Waals surface area contributed by atoms with Crippen molar-refractivity contribution in [1.82, 2.24) is 0 Å². The Morgan fingerprint density at radius 1 is 0.550 bits per heavy atom. The number of hydrogen-bond donors (Lipinski definition) is 0. The first-order valence-corrected chi connectivity index (χ1v) is 13.6. The topological polar surface area (TPSA) is 0 Å². The van der Waals surface area contributed by atoms with Crippen molar-refractivity contribution in [1.29, 1.82) is 0 Å². The van der Waals surface area contributed by atoms with Crippen LogP contribution in [0, 0.1) is 28.7 Å². The molecule has 0 radical (unpaired) electrons. The second kappa shape index (κ2) is 12.6. The Hall–Kier alpha value is -3.03. The van der Waals surface area contributed by atoms with Crippen LogP contribution < -0.4 is 0 Å². The van der Waals surface area contributed by atoms with Crippen LogP contribution in [0.1, 0.15) is 48.9 Å². The standard InChI is InChI=1S/C37H34.2CH3.Hf/c1-5-37(6-2,31-21-29-9-7-11-33(35(29)23-31)27-17-13-25(3)14-18-27)32-22-30-10-8-12-34(36(30)24-32)28-19-15-26(4)16-20-28;;;/h7-24H,5-6H2,1-4H3;2*1H3;/q-2;2*-1;+4. The quantitative estimate of drug-likeness (QED) is 0.121. The molecule has 0 atom stereocenters. The summed E-state index contributed by atoms with van der Waals surface area (Å²) in [5.41, 5.74) is 10.6. The number of fused-ring (bicyclic) bond motifs is 2. The fourth-order valence-electron chi connectivity index (χ4n) is 6.22. The Morgan fingerprint density at radius 3 is 1.27 bits per heavy atom. The third kappa shape index (κ3) is 5.34. The molecule has 200 valence electrons. The van der Waals surface area contributed by atoms with E-state index >= 15 is 0 Å². The Bertz CT molecular complexity index is 1560. The fourth-order valence-corrected chi connectivity index (χ4v) is 6.22. The number of benzene rings is 4. The van der Waals surface area contributed by atoms with Crippen LogP contribution in [0.4, 0.5) is 0 Å². The van der Waals surface area contributed by atoms with Gasteiger partial charge in [0.15, 0.2) is 0 Å². The van der Waals surface area contributed by atoms with Crippen LogP contribution in [0.3, 0.4) is 0 Å². The van der Waals surface area contributed by atoms with Crippen LogP contribution in [0.15, 0.2) is 109 Å². The SMILES string of the molecule is CCC(CC)(c1cc2c(-c3ccc(C)cc3)cccc2[cH-]1)c1cc2c(-c3ccc(C)cc3)cccc2[cH-]1.[CH3-].[CH3-].[Hf+4]. The van der Waals surface area contributed by atoms with Gasteiger partial charge in [-0.1, -0.05) is 96.8 Å². The van der Waals surface area contributed by atoms with Crippen molar-refractivity contribution in [3.8, 4) is 22.3 Å². The molecule has 6 rings (SSSR count). The molecule has 0 saturated carbocycles. The van der Waals surface area contributed by atoms with Crippen molar-refractivity contribution < 1.29 is 25.8 Å². The molecule has 40 heavy (non-hydrogen) atoms. The molecule has 0 heterocycles. The van der Waals surface area contributed by atoms with Gasteiger partial charge >= 0.3 is 25.8 Å². The maximum Gasteiger partial charge on any atom is 4.00 e. The van der Waals surface area contributed by atoms with Crippen LogP contribution in [-0.2, 0) is 31.3 Å². The van der Waals surface area contributed by atoms with Gasteiger partial charge < -0.3 is 14.9 Å². The zero-order valence-corrected chi connectivity index (χ0v) is 28.4. The molecule has 6 aromatic carbocycles. The first-order valence-electron chi connectivity index (χ1n) is 13.6. The Kier molecular flexibility index (Phi) is 9.96. The van der Waals surface area contributed by atoms with E-state index in [0.717, 1.165) is 12.8 Å². The Morgan fingerprint density at radius 2 is 0.925 bits per heavy atom. The molecule has 0 aliphatic rings. The van der Waals surface area contributed by atoms with Crippen LogP contribution in [0.5, 0.6) is 0 Å². The van der Waals surface area contributed by atoms with E-state index < -0.39 is 0 Å². The summed E-state index contributed by atoms with van der Waals surface area (Å²) in [7, 11) is 0. The minimum absolute atomic E-state index is 0. The normalized spacial score (nSPS) is 11.1. The molecule has 0 amide bonds. The molecule has 0 aliphatic carbocycles. The summed E-state index contributed by atoms with van der Waals surface area (Å²) < 4.78 is 0. The Balaban J connectivity index is 0.00000147. The van der Waals surface area contributed by atoms with E-state index in [1.165, 1.54) is 66.1 Å². The summed E-state index contributed by atoms with van der Waals surface area (Å²) in [6.07, 6.45) is 2.13. The van der Waals surface area contributed by atoms with Crippen molar-refractivity contribution in [2.45, 2.75) is 46.0 Å². The molecule has 6 aromatic rings. The molecule has 1 heteroatoms. The van der Waals surface area contributed by atoms with Crippen LogP contribution in [-0.4, -0.2) is 0 Å². The minimum Gasteiger partial charge on any atom is -0.358 e. The van der Waals surface area contributed by atoms with Gasteiger partial charge in [0.2, 0.25) is 0 Å². The van der Waals surface area contributed by atoms with Crippen molar-refractivity contribution >= 4 is 21.5 Å². The summed E-state index contributed by atoms with van der Waals surface area (Å²) in [4.78, 5) is 0. The predicted molar refractivity (Wildman–Crippen MR) is 174 cm³/mol. The van der Waals surface area contributed by atoms with Gasteiger partial charge in [0, 0.05) is 0 Å². The summed E-state index contributed by atoms with van der Waals surface area (Å²) in [6, 6.07) is 41.1. The predicted octanol–water partition coefficient (Wildman–Crippen LogP) is 11.4. The number of rotatable bonds is 6. The molecule has 0 saturated heterocycles. The molecule has 0 aromatic heterocycles. The first kappa shape index (κ1) is 31.5. The van der Waals surface area contributed by atoms with Crippen molar-refractivity contribution in [2.75, 3.05) is 0 Å². The van der Waals surface area contributed by atoms with Crippen molar-refractivity contribution in [3.63, 3.8) is 0 Å². The van der Waals surface area contributed by atoms with Gasteiger partial charge in [0.1, 0.15) is 0 Å². The van der Waals surface area contributed by atoms with Gasteiger partial charge in [-0.05, 0) is 43.2 Å².